The van der Waals surface area contributed by atoms with E-state index < -0.39 is 11.9 Å². The molecule has 0 saturated heterocycles. The number of rotatable bonds is 7. The van der Waals surface area contributed by atoms with Gasteiger partial charge in [-0.25, -0.2) is 4.39 Å². The van der Waals surface area contributed by atoms with Gasteiger partial charge in [0.25, 0.3) is 0 Å². The summed E-state index contributed by atoms with van der Waals surface area (Å²) in [5.41, 5.74) is 7.65. The lowest BCUT2D eigenvalue weighted by molar-refractivity contribution is 0.199. The molecule has 5 N–H and O–H groups in total. The molecular formula is C16H21BrFN5O. The predicted molar refractivity (Wildman–Crippen MR) is 101 cm³/mol. The van der Waals surface area contributed by atoms with Crippen molar-refractivity contribution < 1.29 is 9.50 Å². The molecule has 8 heteroatoms. The van der Waals surface area contributed by atoms with Crippen molar-refractivity contribution in [3.05, 3.63) is 41.4 Å². The average Bonchev–Trinajstić information content (AvgIpc) is 2.54. The second kappa shape index (κ2) is 9.94. The Hall–Kier alpha value is -2.06. The fourth-order valence-corrected chi connectivity index (χ4v) is 2.48. The van der Waals surface area contributed by atoms with Gasteiger partial charge in [0, 0.05) is 30.3 Å². The topological polar surface area (TPSA) is 109 Å². The number of hydrogen-bond donors (Lipinski definition) is 3. The molecule has 0 aliphatic heterocycles. The molecule has 0 aliphatic carbocycles. The second-order valence-electron chi connectivity index (χ2n) is 4.89. The molecule has 0 aliphatic rings. The highest BCUT2D eigenvalue weighted by atomic mass is 79.9. The molecule has 6 nitrogen and oxygen atoms in total. The van der Waals surface area contributed by atoms with Crippen LogP contribution < -0.4 is 11.6 Å². The molecule has 0 aromatic heterocycles. The Morgan fingerprint density at radius 2 is 2.17 bits per heavy atom. The Bertz CT molecular complexity index is 683. The van der Waals surface area contributed by atoms with Crippen molar-refractivity contribution in [2.24, 2.45) is 26.7 Å². The molecule has 0 heterocycles. The summed E-state index contributed by atoms with van der Waals surface area (Å²) < 4.78 is 14.0. The maximum absolute atomic E-state index is 13.4. The maximum atomic E-state index is 13.4. The smallest absolute Gasteiger partial charge is 0.123 e. The monoisotopic (exact) mass is 397 g/mol. The number of benzene rings is 1. The van der Waals surface area contributed by atoms with Crippen LogP contribution in [0.15, 0.2) is 45.1 Å². The first-order valence-corrected chi connectivity index (χ1v) is 8.11. The molecule has 130 valence electrons. The van der Waals surface area contributed by atoms with Crippen LogP contribution in [-0.2, 0) is 0 Å². The molecular weight excluding hydrogens is 377 g/mol. The molecule has 0 saturated carbocycles. The quantitative estimate of drug-likeness (QED) is 0.373. The van der Waals surface area contributed by atoms with Crippen LogP contribution in [0.2, 0.25) is 0 Å². The zero-order chi connectivity index (χ0) is 18.1. The van der Waals surface area contributed by atoms with Crippen LogP contribution >= 0.6 is 15.9 Å². The van der Waals surface area contributed by atoms with Gasteiger partial charge in [0.05, 0.1) is 23.7 Å². The van der Waals surface area contributed by atoms with Crippen molar-refractivity contribution in [2.75, 3.05) is 6.54 Å². The molecule has 0 fully saturated rings. The van der Waals surface area contributed by atoms with E-state index in [2.05, 4.69) is 31.0 Å². The number of allylic oxidation sites excluding steroid dienone is 1. The van der Waals surface area contributed by atoms with Crippen molar-refractivity contribution in [3.8, 4) is 0 Å². The van der Waals surface area contributed by atoms with Crippen LogP contribution in [0, 0.1) is 5.82 Å². The largest absolute Gasteiger partial charge is 0.404 e. The van der Waals surface area contributed by atoms with Gasteiger partial charge in [-0.3, -0.25) is 9.98 Å². The van der Waals surface area contributed by atoms with E-state index in [0.29, 0.717) is 40.1 Å². The van der Waals surface area contributed by atoms with E-state index in [1.54, 1.807) is 6.92 Å². The Labute approximate surface area is 149 Å². The van der Waals surface area contributed by atoms with Gasteiger partial charge < -0.3 is 16.7 Å². The first kappa shape index (κ1) is 20.0. The Morgan fingerprint density at radius 3 is 2.71 bits per heavy atom. The zero-order valence-electron chi connectivity index (χ0n) is 13.6. The SMILES string of the molecule is CCN=C(Br)C(=CN)CC(C=NN)=Nc1ccc(F)cc1C(C)O. The second-order valence-corrected chi connectivity index (χ2v) is 5.65. The third kappa shape index (κ3) is 5.86. The van der Waals surface area contributed by atoms with Gasteiger partial charge in [-0.1, -0.05) is 0 Å². The average molecular weight is 398 g/mol. The van der Waals surface area contributed by atoms with E-state index in [-0.39, 0.29) is 0 Å². The summed E-state index contributed by atoms with van der Waals surface area (Å²) >= 11 is 3.36. The number of hydrogen-bond acceptors (Lipinski definition) is 6. The van der Waals surface area contributed by atoms with Gasteiger partial charge in [0.2, 0.25) is 0 Å². The van der Waals surface area contributed by atoms with Gasteiger partial charge in [0.15, 0.2) is 0 Å². The third-order valence-electron chi connectivity index (χ3n) is 3.06. The Kier molecular flexibility index (Phi) is 8.28. The summed E-state index contributed by atoms with van der Waals surface area (Å²) in [7, 11) is 0. The Morgan fingerprint density at radius 1 is 1.46 bits per heavy atom. The minimum Gasteiger partial charge on any atom is -0.404 e. The van der Waals surface area contributed by atoms with E-state index in [4.69, 9.17) is 11.6 Å². The third-order valence-corrected chi connectivity index (χ3v) is 3.82. The van der Waals surface area contributed by atoms with Crippen molar-refractivity contribution in [2.45, 2.75) is 26.4 Å². The number of halogens is 2. The van der Waals surface area contributed by atoms with Crippen molar-refractivity contribution in [1.82, 2.24) is 0 Å². The van der Waals surface area contributed by atoms with Crippen molar-refractivity contribution in [1.29, 1.82) is 0 Å². The van der Waals surface area contributed by atoms with Crippen LogP contribution in [0.3, 0.4) is 0 Å². The first-order chi connectivity index (χ1) is 11.4. The summed E-state index contributed by atoms with van der Waals surface area (Å²) in [5, 5.41) is 13.3. The van der Waals surface area contributed by atoms with Crippen LogP contribution in [0.5, 0.6) is 0 Å². The molecule has 1 aromatic rings. The number of aliphatic imine (C=N–C) groups is 2. The molecule has 0 amide bonds. The summed E-state index contributed by atoms with van der Waals surface area (Å²) in [6, 6.07) is 4.01. The van der Waals surface area contributed by atoms with Crippen molar-refractivity contribution >= 4 is 38.2 Å². The fourth-order valence-electron chi connectivity index (χ4n) is 1.95. The van der Waals surface area contributed by atoms with Gasteiger partial charge in [-0.2, -0.15) is 5.10 Å². The van der Waals surface area contributed by atoms with E-state index in [0.717, 1.165) is 0 Å². The zero-order valence-corrected chi connectivity index (χ0v) is 15.2. The fraction of sp³-hybridized carbons (Fsp3) is 0.312. The maximum Gasteiger partial charge on any atom is 0.123 e. The van der Waals surface area contributed by atoms with Gasteiger partial charge in [-0.15, -0.1) is 0 Å². The molecule has 0 spiro atoms. The van der Waals surface area contributed by atoms with E-state index in [9.17, 15) is 9.50 Å². The lowest BCUT2D eigenvalue weighted by atomic mass is 10.1. The first-order valence-electron chi connectivity index (χ1n) is 7.32. The molecule has 1 rings (SSSR count). The lowest BCUT2D eigenvalue weighted by Gasteiger charge is -2.10. The molecule has 0 bridgehead atoms. The number of aliphatic hydroxyl groups is 1. The van der Waals surface area contributed by atoms with Crippen molar-refractivity contribution in [3.63, 3.8) is 0 Å². The summed E-state index contributed by atoms with van der Waals surface area (Å²) in [4.78, 5) is 8.67. The minimum absolute atomic E-state index is 0.317. The summed E-state index contributed by atoms with van der Waals surface area (Å²) in [5.74, 6) is 4.80. The van der Waals surface area contributed by atoms with Crippen LogP contribution in [0.1, 0.15) is 31.9 Å². The van der Waals surface area contributed by atoms with Crippen LogP contribution in [-0.4, -0.2) is 28.2 Å². The molecule has 1 atom stereocenters. The standard InChI is InChI=1S/C16H21BrFN5O/c1-3-21-16(17)11(8-19)6-13(9-22-20)23-15-5-4-12(18)7-14(15)10(2)24/h4-5,7-10,24H,3,6,19-20H2,1-2H3. The summed E-state index contributed by atoms with van der Waals surface area (Å²) in [6.45, 7) is 4.04. The van der Waals surface area contributed by atoms with E-state index in [1.165, 1.54) is 30.6 Å². The Balaban J connectivity index is 3.26. The molecule has 0 radical (unpaired) electrons. The normalized spacial score (nSPS) is 15.1. The predicted octanol–water partition coefficient (Wildman–Crippen LogP) is 2.94. The number of hydrazone groups is 1. The number of nitrogens with two attached hydrogens (primary N) is 2. The van der Waals surface area contributed by atoms with Crippen LogP contribution in [0.4, 0.5) is 10.1 Å². The van der Waals surface area contributed by atoms with E-state index >= 15 is 0 Å². The van der Waals surface area contributed by atoms with Gasteiger partial charge >= 0.3 is 0 Å². The number of aliphatic hydroxyl groups excluding tert-OH is 1. The highest BCUT2D eigenvalue weighted by molar-refractivity contribution is 9.18. The van der Waals surface area contributed by atoms with E-state index in [1.807, 2.05) is 6.92 Å². The molecule has 1 aromatic carbocycles. The van der Waals surface area contributed by atoms with Gasteiger partial charge in [-0.05, 0) is 48.0 Å². The molecule has 1 unspecified atom stereocenters. The number of nitrogens with zero attached hydrogens (tertiary/aromatic N) is 3. The highest BCUT2D eigenvalue weighted by Crippen LogP contribution is 2.27. The molecule has 24 heavy (non-hydrogen) atoms. The minimum atomic E-state index is -0.867. The highest BCUT2D eigenvalue weighted by Gasteiger charge is 2.12. The van der Waals surface area contributed by atoms with Crippen LogP contribution in [0.25, 0.3) is 0 Å². The lowest BCUT2D eigenvalue weighted by Crippen LogP contribution is -2.09. The summed E-state index contributed by atoms with van der Waals surface area (Å²) in [6.07, 6.45) is 2.25. The van der Waals surface area contributed by atoms with Gasteiger partial charge in [0.1, 0.15) is 10.4 Å².